The number of hydrogen-bond acceptors (Lipinski definition) is 2. The Kier molecular flexibility index (Phi) is 3.74. The third-order valence-corrected chi connectivity index (χ3v) is 3.87. The molecule has 1 amide bonds. The fourth-order valence-corrected chi connectivity index (χ4v) is 2.81. The van der Waals surface area contributed by atoms with E-state index in [1.54, 1.807) is 0 Å². The van der Waals surface area contributed by atoms with Crippen LogP contribution < -0.4 is 10.2 Å². The standard InChI is InChI=1S/C16H15BrN2O/c17-12-8-9-15-14(11-12)18-16(20)7-4-10-19(15)13-5-2-1-3-6-13/h1-3,5-6,8-9,11H,4,7,10H2,(H,18,20). The Bertz CT molecular complexity index is 628. The summed E-state index contributed by atoms with van der Waals surface area (Å²) in [5.74, 6) is 0.0806. The van der Waals surface area contributed by atoms with Gasteiger partial charge in [0.2, 0.25) is 5.91 Å². The summed E-state index contributed by atoms with van der Waals surface area (Å²) in [5, 5.41) is 2.99. The first-order valence-electron chi connectivity index (χ1n) is 6.66. The second-order valence-corrected chi connectivity index (χ2v) is 5.72. The minimum absolute atomic E-state index is 0.0806. The molecule has 0 aromatic heterocycles. The predicted octanol–water partition coefficient (Wildman–Crippen LogP) is 4.32. The number of fused-ring (bicyclic) bond motifs is 1. The first kappa shape index (κ1) is 13.2. The topological polar surface area (TPSA) is 32.3 Å². The Labute approximate surface area is 126 Å². The molecule has 102 valence electrons. The molecule has 1 heterocycles. The molecule has 1 aliphatic heterocycles. The maximum absolute atomic E-state index is 11.8. The van der Waals surface area contributed by atoms with Gasteiger partial charge < -0.3 is 10.2 Å². The van der Waals surface area contributed by atoms with E-state index in [9.17, 15) is 4.79 Å². The number of carbonyl (C=O) groups is 1. The van der Waals surface area contributed by atoms with Gasteiger partial charge in [0.05, 0.1) is 11.4 Å². The Morgan fingerprint density at radius 2 is 1.90 bits per heavy atom. The summed E-state index contributed by atoms with van der Waals surface area (Å²) >= 11 is 3.46. The second kappa shape index (κ2) is 5.67. The van der Waals surface area contributed by atoms with Gasteiger partial charge in [0.1, 0.15) is 0 Å². The number of nitrogens with zero attached hydrogens (tertiary/aromatic N) is 1. The van der Waals surface area contributed by atoms with Gasteiger partial charge in [-0.15, -0.1) is 0 Å². The number of benzene rings is 2. The van der Waals surface area contributed by atoms with Gasteiger partial charge in [0.25, 0.3) is 0 Å². The van der Waals surface area contributed by atoms with Crippen LogP contribution in [0.15, 0.2) is 53.0 Å². The van der Waals surface area contributed by atoms with E-state index in [-0.39, 0.29) is 5.91 Å². The van der Waals surface area contributed by atoms with Crippen LogP contribution in [0.5, 0.6) is 0 Å². The zero-order valence-electron chi connectivity index (χ0n) is 11.0. The van der Waals surface area contributed by atoms with E-state index in [0.717, 1.165) is 34.5 Å². The van der Waals surface area contributed by atoms with Crippen molar-refractivity contribution in [2.45, 2.75) is 12.8 Å². The average molecular weight is 331 g/mol. The summed E-state index contributed by atoms with van der Waals surface area (Å²) in [6, 6.07) is 16.3. The number of amides is 1. The molecule has 2 aromatic carbocycles. The van der Waals surface area contributed by atoms with Crippen molar-refractivity contribution in [1.29, 1.82) is 0 Å². The van der Waals surface area contributed by atoms with Gasteiger partial charge in [-0.2, -0.15) is 0 Å². The molecule has 0 aliphatic carbocycles. The quantitative estimate of drug-likeness (QED) is 0.844. The third kappa shape index (κ3) is 2.70. The summed E-state index contributed by atoms with van der Waals surface area (Å²) < 4.78 is 0.963. The van der Waals surface area contributed by atoms with E-state index in [1.807, 2.05) is 36.4 Å². The number of para-hydroxylation sites is 1. The lowest BCUT2D eigenvalue weighted by Crippen LogP contribution is -2.25. The van der Waals surface area contributed by atoms with Crippen LogP contribution in [-0.2, 0) is 4.79 Å². The van der Waals surface area contributed by atoms with E-state index in [2.05, 4.69) is 38.3 Å². The third-order valence-electron chi connectivity index (χ3n) is 3.38. The van der Waals surface area contributed by atoms with E-state index in [0.29, 0.717) is 6.42 Å². The Morgan fingerprint density at radius 1 is 1.10 bits per heavy atom. The lowest BCUT2D eigenvalue weighted by molar-refractivity contribution is -0.116. The molecule has 0 radical (unpaired) electrons. The predicted molar refractivity (Wildman–Crippen MR) is 85.5 cm³/mol. The molecule has 0 fully saturated rings. The van der Waals surface area contributed by atoms with Crippen LogP contribution in [0, 0.1) is 0 Å². The van der Waals surface area contributed by atoms with Crippen LogP contribution in [-0.4, -0.2) is 12.5 Å². The molecule has 0 spiro atoms. The fourth-order valence-electron chi connectivity index (χ4n) is 2.45. The minimum Gasteiger partial charge on any atom is -0.340 e. The smallest absolute Gasteiger partial charge is 0.224 e. The maximum atomic E-state index is 11.8. The van der Waals surface area contributed by atoms with Crippen LogP contribution in [0.1, 0.15) is 12.8 Å². The average Bonchev–Trinajstić information content (AvgIpc) is 2.44. The summed E-state index contributed by atoms with van der Waals surface area (Å²) in [6.07, 6.45) is 1.39. The molecule has 4 heteroatoms. The normalized spacial score (nSPS) is 15.1. The lowest BCUT2D eigenvalue weighted by Gasteiger charge is -2.29. The van der Waals surface area contributed by atoms with Crippen molar-refractivity contribution in [1.82, 2.24) is 0 Å². The van der Waals surface area contributed by atoms with Gasteiger partial charge in [-0.3, -0.25) is 4.79 Å². The van der Waals surface area contributed by atoms with Crippen LogP contribution in [0.25, 0.3) is 0 Å². The highest BCUT2D eigenvalue weighted by Crippen LogP contribution is 2.35. The van der Waals surface area contributed by atoms with Crippen molar-refractivity contribution in [3.8, 4) is 0 Å². The first-order valence-corrected chi connectivity index (χ1v) is 7.45. The van der Waals surface area contributed by atoms with Crippen molar-refractivity contribution in [2.24, 2.45) is 0 Å². The molecule has 3 rings (SSSR count). The number of halogens is 1. The molecule has 20 heavy (non-hydrogen) atoms. The van der Waals surface area contributed by atoms with Gasteiger partial charge >= 0.3 is 0 Å². The van der Waals surface area contributed by atoms with Gasteiger partial charge in [0.15, 0.2) is 0 Å². The van der Waals surface area contributed by atoms with Gasteiger partial charge in [-0.1, -0.05) is 34.1 Å². The van der Waals surface area contributed by atoms with Crippen molar-refractivity contribution in [2.75, 3.05) is 16.8 Å². The van der Waals surface area contributed by atoms with Crippen LogP contribution in [0.4, 0.5) is 17.1 Å². The molecule has 0 saturated carbocycles. The van der Waals surface area contributed by atoms with E-state index in [1.165, 1.54) is 0 Å². The number of hydrogen-bond donors (Lipinski definition) is 1. The SMILES string of the molecule is O=C1CCCN(c2ccccc2)c2ccc(Br)cc2N1. The van der Waals surface area contributed by atoms with Crippen molar-refractivity contribution >= 4 is 38.9 Å². The molecule has 1 aliphatic rings. The highest BCUT2D eigenvalue weighted by atomic mass is 79.9. The van der Waals surface area contributed by atoms with Gasteiger partial charge in [-0.25, -0.2) is 0 Å². The monoisotopic (exact) mass is 330 g/mol. The summed E-state index contributed by atoms with van der Waals surface area (Å²) in [6.45, 7) is 0.839. The number of rotatable bonds is 1. The Balaban J connectivity index is 2.08. The van der Waals surface area contributed by atoms with E-state index in [4.69, 9.17) is 0 Å². The molecule has 3 nitrogen and oxygen atoms in total. The molecule has 1 N–H and O–H groups in total. The summed E-state index contributed by atoms with van der Waals surface area (Å²) in [7, 11) is 0. The highest BCUT2D eigenvalue weighted by Gasteiger charge is 2.18. The summed E-state index contributed by atoms with van der Waals surface area (Å²) in [4.78, 5) is 14.1. The van der Waals surface area contributed by atoms with E-state index < -0.39 is 0 Å². The highest BCUT2D eigenvalue weighted by molar-refractivity contribution is 9.10. The van der Waals surface area contributed by atoms with Crippen LogP contribution in [0.2, 0.25) is 0 Å². The zero-order chi connectivity index (χ0) is 13.9. The van der Waals surface area contributed by atoms with Gasteiger partial charge in [0, 0.05) is 23.1 Å². The number of anilines is 3. The number of nitrogens with one attached hydrogen (secondary N) is 1. The molecule has 2 aromatic rings. The van der Waals surface area contributed by atoms with Crippen molar-refractivity contribution < 1.29 is 4.79 Å². The maximum Gasteiger partial charge on any atom is 0.224 e. The fraction of sp³-hybridized carbons (Fsp3) is 0.188. The molecule has 0 atom stereocenters. The first-order chi connectivity index (χ1) is 9.74. The Hall–Kier alpha value is -1.81. The van der Waals surface area contributed by atoms with Crippen molar-refractivity contribution in [3.05, 3.63) is 53.0 Å². The minimum atomic E-state index is 0.0806. The van der Waals surface area contributed by atoms with Gasteiger partial charge in [-0.05, 0) is 36.8 Å². The molecule has 0 unspecified atom stereocenters. The second-order valence-electron chi connectivity index (χ2n) is 4.80. The largest absolute Gasteiger partial charge is 0.340 e. The van der Waals surface area contributed by atoms with Crippen LogP contribution >= 0.6 is 15.9 Å². The molecular formula is C16H15BrN2O. The summed E-state index contributed by atoms with van der Waals surface area (Å²) in [5.41, 5.74) is 3.03. The molecule has 0 saturated heterocycles. The molecule has 0 bridgehead atoms. The van der Waals surface area contributed by atoms with Crippen LogP contribution in [0.3, 0.4) is 0 Å². The number of carbonyl (C=O) groups excluding carboxylic acids is 1. The Morgan fingerprint density at radius 3 is 2.70 bits per heavy atom. The lowest BCUT2D eigenvalue weighted by atomic mass is 10.1. The van der Waals surface area contributed by atoms with E-state index >= 15 is 0 Å². The van der Waals surface area contributed by atoms with Crippen molar-refractivity contribution in [3.63, 3.8) is 0 Å². The molecular weight excluding hydrogens is 316 g/mol. The zero-order valence-corrected chi connectivity index (χ0v) is 12.6.